The second-order valence-electron chi connectivity index (χ2n) is 8.71. The van der Waals surface area contributed by atoms with E-state index in [0.29, 0.717) is 14.6 Å². The molecule has 0 aliphatic rings. The maximum absolute atomic E-state index is 14.7. The molecule has 212 valence electrons. The summed E-state index contributed by atoms with van der Waals surface area (Å²) >= 11 is 3.27. The van der Waals surface area contributed by atoms with E-state index in [2.05, 4.69) is 41.5 Å². The third-order valence-corrected chi connectivity index (χ3v) is 8.09. The number of aromatic nitrogens is 7. The number of tetrazole rings is 1. The molecule has 1 N–H and O–H groups in total. The fourth-order valence-corrected chi connectivity index (χ4v) is 5.44. The minimum Gasteiger partial charge on any atom is -0.493 e. The van der Waals surface area contributed by atoms with E-state index in [9.17, 15) is 22.3 Å². The summed E-state index contributed by atoms with van der Waals surface area (Å²) in [5.74, 6) is -1.60. The van der Waals surface area contributed by atoms with Crippen molar-refractivity contribution in [1.29, 1.82) is 0 Å². The SMILES string of the molecule is COc1cc(-c2nnnn2S(=O)(=O)c2ccc(Br)cc2)ccc1OCC(O)(Cn1cncn1)c1ccc(F)cc1F. The predicted octanol–water partition coefficient (Wildman–Crippen LogP) is 3.18. The number of halogens is 3. The first-order valence-corrected chi connectivity index (χ1v) is 13.9. The minimum absolute atomic E-state index is 0.0270. The van der Waals surface area contributed by atoms with Gasteiger partial charge in [0.15, 0.2) is 17.3 Å². The Balaban J connectivity index is 1.45. The first-order valence-electron chi connectivity index (χ1n) is 11.7. The zero-order valence-corrected chi connectivity index (χ0v) is 23.5. The summed E-state index contributed by atoms with van der Waals surface area (Å²) in [5.41, 5.74) is -1.94. The van der Waals surface area contributed by atoms with E-state index >= 15 is 0 Å². The van der Waals surface area contributed by atoms with Gasteiger partial charge in [-0.2, -0.15) is 13.5 Å². The molecule has 12 nitrogen and oxygen atoms in total. The molecule has 0 saturated heterocycles. The van der Waals surface area contributed by atoms with Crippen LogP contribution in [0.4, 0.5) is 8.78 Å². The fourth-order valence-electron chi connectivity index (χ4n) is 4.00. The van der Waals surface area contributed by atoms with Crippen LogP contribution in [0, 0.1) is 11.6 Å². The molecular formula is C25H20BrF2N7O5S. The molecule has 5 aromatic rings. The van der Waals surface area contributed by atoms with Gasteiger partial charge in [0.2, 0.25) is 0 Å². The molecule has 0 aliphatic carbocycles. The van der Waals surface area contributed by atoms with E-state index in [-0.39, 0.29) is 39.9 Å². The second-order valence-corrected chi connectivity index (χ2v) is 11.4. The number of benzene rings is 3. The van der Waals surface area contributed by atoms with Crippen molar-refractivity contribution in [3.05, 3.63) is 95.0 Å². The summed E-state index contributed by atoms with van der Waals surface area (Å²) < 4.78 is 68.7. The maximum atomic E-state index is 14.7. The van der Waals surface area contributed by atoms with Gasteiger partial charge in [0.25, 0.3) is 10.0 Å². The Morgan fingerprint density at radius 1 is 1.05 bits per heavy atom. The molecule has 0 amide bonds. The van der Waals surface area contributed by atoms with E-state index in [1.807, 2.05) is 0 Å². The Morgan fingerprint density at radius 3 is 2.51 bits per heavy atom. The largest absolute Gasteiger partial charge is 0.493 e. The van der Waals surface area contributed by atoms with Crippen LogP contribution in [0.3, 0.4) is 0 Å². The molecule has 0 spiro atoms. The molecule has 3 aromatic carbocycles. The van der Waals surface area contributed by atoms with Crippen LogP contribution in [0.1, 0.15) is 5.56 Å². The molecule has 16 heteroatoms. The van der Waals surface area contributed by atoms with Crippen LogP contribution in [-0.4, -0.2) is 61.6 Å². The third kappa shape index (κ3) is 5.79. The van der Waals surface area contributed by atoms with Crippen molar-refractivity contribution in [3.8, 4) is 22.9 Å². The molecule has 41 heavy (non-hydrogen) atoms. The van der Waals surface area contributed by atoms with Crippen molar-refractivity contribution >= 4 is 26.0 Å². The normalized spacial score (nSPS) is 13.1. The van der Waals surface area contributed by atoms with E-state index in [0.717, 1.165) is 12.1 Å². The monoisotopic (exact) mass is 647 g/mol. The zero-order chi connectivity index (χ0) is 29.2. The van der Waals surface area contributed by atoms with Crippen molar-refractivity contribution in [2.45, 2.75) is 17.0 Å². The van der Waals surface area contributed by atoms with Gasteiger partial charge in [0.1, 0.15) is 36.5 Å². The van der Waals surface area contributed by atoms with Gasteiger partial charge in [-0.25, -0.2) is 18.4 Å². The van der Waals surface area contributed by atoms with Crippen molar-refractivity contribution in [2.24, 2.45) is 0 Å². The quantitative estimate of drug-likeness (QED) is 0.240. The first kappa shape index (κ1) is 28.3. The van der Waals surface area contributed by atoms with Crippen molar-refractivity contribution in [3.63, 3.8) is 0 Å². The average Bonchev–Trinajstić information content (AvgIpc) is 3.65. The Morgan fingerprint density at radius 2 is 1.83 bits per heavy atom. The molecule has 0 radical (unpaired) electrons. The molecule has 5 rings (SSSR count). The van der Waals surface area contributed by atoms with Gasteiger partial charge < -0.3 is 14.6 Å². The highest BCUT2D eigenvalue weighted by atomic mass is 79.9. The Hall–Kier alpha value is -4.28. The highest BCUT2D eigenvalue weighted by Crippen LogP contribution is 2.35. The second kappa shape index (κ2) is 11.3. The summed E-state index contributed by atoms with van der Waals surface area (Å²) in [6.07, 6.45) is 2.57. The van der Waals surface area contributed by atoms with Crippen molar-refractivity contribution < 1.29 is 31.8 Å². The van der Waals surface area contributed by atoms with Gasteiger partial charge in [-0.05, 0) is 59.0 Å². The van der Waals surface area contributed by atoms with Gasteiger partial charge in [-0.1, -0.05) is 22.0 Å². The maximum Gasteiger partial charge on any atom is 0.286 e. The standard InChI is InChI=1S/C25H20BrF2N7O5S/c1-39-23-10-16(24-31-32-33-35(24)41(37,38)19-6-3-17(26)4-7-19)2-9-22(23)40-13-25(36,12-34-15-29-14-30-34)20-8-5-18(27)11-21(20)28/h2-11,14-15,36H,12-13H2,1H3. The molecule has 2 heterocycles. The molecule has 0 fully saturated rings. The highest BCUT2D eigenvalue weighted by molar-refractivity contribution is 9.10. The number of nitrogens with zero attached hydrogens (tertiary/aromatic N) is 7. The molecule has 0 saturated carbocycles. The average molecular weight is 648 g/mol. The Labute approximate surface area is 240 Å². The number of hydrogen-bond acceptors (Lipinski definition) is 10. The molecule has 1 atom stereocenters. The van der Waals surface area contributed by atoms with Gasteiger partial charge in [0, 0.05) is 21.7 Å². The topological polar surface area (TPSA) is 147 Å². The number of rotatable bonds is 10. The molecule has 2 aromatic heterocycles. The van der Waals surface area contributed by atoms with Crippen LogP contribution in [-0.2, 0) is 22.2 Å². The molecule has 0 bridgehead atoms. The fraction of sp³-hybridized carbons (Fsp3) is 0.160. The lowest BCUT2D eigenvalue weighted by atomic mass is 9.94. The third-order valence-electron chi connectivity index (χ3n) is 5.99. The molecule has 0 aliphatic heterocycles. The van der Waals surface area contributed by atoms with E-state index in [4.69, 9.17) is 9.47 Å². The van der Waals surface area contributed by atoms with Gasteiger partial charge >= 0.3 is 0 Å². The smallest absolute Gasteiger partial charge is 0.286 e. The van der Waals surface area contributed by atoms with Crippen LogP contribution in [0.15, 0.2) is 82.7 Å². The van der Waals surface area contributed by atoms with Crippen LogP contribution in [0.25, 0.3) is 11.4 Å². The Kier molecular flexibility index (Phi) is 7.79. The highest BCUT2D eigenvalue weighted by Gasteiger charge is 2.35. The minimum atomic E-state index is -4.13. The van der Waals surface area contributed by atoms with Crippen LogP contribution >= 0.6 is 15.9 Å². The summed E-state index contributed by atoms with van der Waals surface area (Å²) in [5, 5.41) is 26.5. The lowest BCUT2D eigenvalue weighted by Crippen LogP contribution is -2.39. The number of ether oxygens (including phenoxy) is 2. The first-order chi connectivity index (χ1) is 19.6. The van der Waals surface area contributed by atoms with Gasteiger partial charge in [-0.3, -0.25) is 0 Å². The van der Waals surface area contributed by atoms with Crippen LogP contribution in [0.2, 0.25) is 0 Å². The van der Waals surface area contributed by atoms with Crippen LogP contribution < -0.4 is 9.47 Å². The Bertz CT molecular complexity index is 1790. The summed E-state index contributed by atoms with van der Waals surface area (Å²) in [4.78, 5) is 3.80. The molecular weight excluding hydrogens is 628 g/mol. The van der Waals surface area contributed by atoms with Gasteiger partial charge in [0.05, 0.1) is 18.6 Å². The predicted molar refractivity (Wildman–Crippen MR) is 142 cm³/mol. The van der Waals surface area contributed by atoms with E-state index in [1.54, 1.807) is 12.1 Å². The number of methoxy groups -OCH3 is 1. The lowest BCUT2D eigenvalue weighted by Gasteiger charge is -2.29. The van der Waals surface area contributed by atoms with E-state index in [1.165, 1.54) is 54.8 Å². The number of aliphatic hydroxyl groups is 1. The van der Waals surface area contributed by atoms with Crippen LogP contribution in [0.5, 0.6) is 11.5 Å². The number of hydrogen-bond donors (Lipinski definition) is 1. The molecule has 1 unspecified atom stereocenters. The lowest BCUT2D eigenvalue weighted by molar-refractivity contribution is -0.0302. The van der Waals surface area contributed by atoms with Gasteiger partial charge in [-0.15, -0.1) is 9.19 Å². The van der Waals surface area contributed by atoms with Crippen molar-refractivity contribution in [1.82, 2.24) is 34.4 Å². The summed E-state index contributed by atoms with van der Waals surface area (Å²) in [6.45, 7) is -0.764. The van der Waals surface area contributed by atoms with E-state index < -0.39 is 33.9 Å². The van der Waals surface area contributed by atoms with Crippen molar-refractivity contribution in [2.75, 3.05) is 13.7 Å². The summed E-state index contributed by atoms with van der Waals surface area (Å²) in [6, 6.07) is 13.2. The zero-order valence-electron chi connectivity index (χ0n) is 21.1. The summed E-state index contributed by atoms with van der Waals surface area (Å²) in [7, 11) is -2.78.